The highest BCUT2D eigenvalue weighted by Gasteiger charge is 2.66. The van der Waals surface area contributed by atoms with E-state index in [1.807, 2.05) is 20.8 Å². The van der Waals surface area contributed by atoms with Gasteiger partial charge in [0.25, 0.3) is 0 Å². The normalized spacial score (nSPS) is 39.0. The van der Waals surface area contributed by atoms with E-state index in [1.165, 1.54) is 0 Å². The monoisotopic (exact) mass is 522 g/mol. The van der Waals surface area contributed by atoms with Gasteiger partial charge in [0.15, 0.2) is 17.0 Å². The van der Waals surface area contributed by atoms with Crippen LogP contribution in [0.15, 0.2) is 9.21 Å². The Labute approximate surface area is 220 Å². The van der Waals surface area contributed by atoms with Crippen molar-refractivity contribution in [2.24, 2.45) is 29.6 Å². The highest BCUT2D eigenvalue weighted by Crippen LogP contribution is 2.54. The van der Waals surface area contributed by atoms with Crippen molar-refractivity contribution in [3.05, 3.63) is 32.9 Å². The molecule has 8 nitrogen and oxygen atoms in total. The molecule has 0 aromatic carbocycles. The third-order valence-corrected chi connectivity index (χ3v) is 9.51. The molecule has 0 bridgehead atoms. The molecule has 2 aliphatic heterocycles. The molecule has 0 saturated carbocycles. The molecule has 0 aliphatic carbocycles. The minimum Gasteiger partial charge on any atom is -0.465 e. The van der Waals surface area contributed by atoms with E-state index in [1.54, 1.807) is 48.5 Å². The highest BCUT2D eigenvalue weighted by atomic mass is 16.8. The Hall–Kier alpha value is -1.58. The van der Waals surface area contributed by atoms with Crippen LogP contribution in [0.3, 0.4) is 0 Å². The number of aliphatic hydroxyl groups is 3. The number of ether oxygens (including phenoxy) is 2. The molecule has 1 aromatic heterocycles. The molecule has 1 aromatic rings. The predicted molar refractivity (Wildman–Crippen MR) is 139 cm³/mol. The Morgan fingerprint density at radius 3 is 2.14 bits per heavy atom. The minimum absolute atomic E-state index is 0.110. The second kappa shape index (κ2) is 10.5. The Morgan fingerprint density at radius 2 is 1.59 bits per heavy atom. The lowest BCUT2D eigenvalue weighted by atomic mass is 9.67. The molecule has 2 aliphatic rings. The fourth-order valence-corrected chi connectivity index (χ4v) is 6.52. The van der Waals surface area contributed by atoms with Crippen LogP contribution in [0.2, 0.25) is 0 Å². The molecule has 1 spiro atoms. The number of hydrogen-bond acceptors (Lipinski definition) is 8. The second-order valence-corrected chi connectivity index (χ2v) is 11.5. The van der Waals surface area contributed by atoms with Gasteiger partial charge in [-0.05, 0) is 20.3 Å². The summed E-state index contributed by atoms with van der Waals surface area (Å²) in [5.74, 6) is -6.93. The first-order chi connectivity index (χ1) is 17.1. The zero-order valence-electron chi connectivity index (χ0n) is 24.0. The van der Waals surface area contributed by atoms with Crippen LogP contribution in [0.4, 0.5) is 0 Å². The van der Waals surface area contributed by atoms with E-state index in [2.05, 4.69) is 0 Å². The zero-order chi connectivity index (χ0) is 28.2. The number of hydrogen-bond donors (Lipinski definition) is 3. The van der Waals surface area contributed by atoms with Crippen LogP contribution in [0.5, 0.6) is 0 Å². The summed E-state index contributed by atoms with van der Waals surface area (Å²) in [6.07, 6.45) is -1.45. The summed E-state index contributed by atoms with van der Waals surface area (Å²) in [5.41, 5.74) is 0.739. The Kier molecular flexibility index (Phi) is 8.53. The van der Waals surface area contributed by atoms with Crippen molar-refractivity contribution in [3.63, 3.8) is 0 Å². The average Bonchev–Trinajstić information content (AvgIpc) is 2.88. The number of carbonyl (C=O) groups excluding carboxylic acids is 1. The number of aryl methyl sites for hydroxylation is 1. The van der Waals surface area contributed by atoms with Crippen molar-refractivity contribution in [1.29, 1.82) is 0 Å². The van der Waals surface area contributed by atoms with E-state index in [-0.39, 0.29) is 22.9 Å². The Bertz CT molecular complexity index is 1060. The van der Waals surface area contributed by atoms with E-state index >= 15 is 0 Å². The van der Waals surface area contributed by atoms with Gasteiger partial charge in [0.05, 0.1) is 30.1 Å². The van der Waals surface area contributed by atoms with Gasteiger partial charge in [-0.1, -0.05) is 55.4 Å². The van der Waals surface area contributed by atoms with Gasteiger partial charge in [-0.3, -0.25) is 9.59 Å². The van der Waals surface area contributed by atoms with E-state index < -0.39 is 59.5 Å². The van der Waals surface area contributed by atoms with E-state index in [4.69, 9.17) is 13.9 Å². The third-order valence-electron chi connectivity index (χ3n) is 9.51. The predicted octanol–water partition coefficient (Wildman–Crippen LogP) is 3.62. The SMILES string of the molecule is CCc1oc(C(C)C2(O)OC3(OC(C(C)C(O)CC)C(C)C(=O)C3C)C(C)C(O)C2C)c(C)c(=O)c1C. The molecule has 3 N–H and O–H groups in total. The van der Waals surface area contributed by atoms with Gasteiger partial charge in [0.1, 0.15) is 17.3 Å². The lowest BCUT2D eigenvalue weighted by molar-refractivity contribution is -0.450. The van der Waals surface area contributed by atoms with Crippen molar-refractivity contribution in [3.8, 4) is 0 Å². The van der Waals surface area contributed by atoms with Crippen LogP contribution in [0.25, 0.3) is 0 Å². The summed E-state index contributed by atoms with van der Waals surface area (Å²) < 4.78 is 19.3. The summed E-state index contributed by atoms with van der Waals surface area (Å²) in [6.45, 7) is 17.6. The fourth-order valence-electron chi connectivity index (χ4n) is 6.52. The van der Waals surface area contributed by atoms with Crippen LogP contribution >= 0.6 is 0 Å². The van der Waals surface area contributed by atoms with Crippen molar-refractivity contribution < 1.29 is 34.0 Å². The number of ketones is 1. The Balaban J connectivity index is 2.16. The topological polar surface area (TPSA) is 126 Å². The first-order valence-corrected chi connectivity index (χ1v) is 13.7. The Morgan fingerprint density at radius 1 is 1.00 bits per heavy atom. The maximum absolute atomic E-state index is 13.6. The van der Waals surface area contributed by atoms with E-state index in [9.17, 15) is 24.9 Å². The maximum Gasteiger partial charge on any atom is 0.191 e. The molecule has 37 heavy (non-hydrogen) atoms. The average molecular weight is 523 g/mol. The summed E-state index contributed by atoms with van der Waals surface area (Å²) in [4.78, 5) is 26.5. The van der Waals surface area contributed by atoms with E-state index in [0.29, 0.717) is 29.7 Å². The van der Waals surface area contributed by atoms with Crippen LogP contribution in [0.1, 0.15) is 90.4 Å². The number of carbonyl (C=O) groups is 1. The van der Waals surface area contributed by atoms with Crippen molar-refractivity contribution in [2.75, 3.05) is 0 Å². The number of Topliss-reactive ketones (excluding diaryl/α,β-unsaturated/α-hetero) is 1. The first kappa shape index (κ1) is 30.0. The number of aliphatic hydroxyl groups excluding tert-OH is 2. The molecule has 11 unspecified atom stereocenters. The standard InChI is InChI=1S/C29H46O8/c1-11-21(30)13(3)26-16(6)24(32)18(8)29(36-26)19(9)25(33)17(7)28(34,37-29)20(10)27-15(5)23(31)14(4)22(12-2)35-27/h13,16-21,25-26,30,33-34H,11-12H2,1-10H3. The third kappa shape index (κ3) is 4.52. The summed E-state index contributed by atoms with van der Waals surface area (Å²) >= 11 is 0. The van der Waals surface area contributed by atoms with Crippen LogP contribution in [-0.4, -0.2) is 51.0 Å². The van der Waals surface area contributed by atoms with Gasteiger partial charge >= 0.3 is 0 Å². The van der Waals surface area contributed by atoms with Crippen molar-refractivity contribution in [2.45, 2.75) is 118 Å². The second-order valence-electron chi connectivity index (χ2n) is 11.5. The van der Waals surface area contributed by atoms with Gasteiger partial charge in [0.2, 0.25) is 0 Å². The molecule has 8 heteroatoms. The first-order valence-electron chi connectivity index (χ1n) is 13.7. The molecule has 0 amide bonds. The lowest BCUT2D eigenvalue weighted by Gasteiger charge is -2.60. The molecule has 210 valence electrons. The highest BCUT2D eigenvalue weighted by molar-refractivity contribution is 5.85. The molecule has 2 saturated heterocycles. The summed E-state index contributed by atoms with van der Waals surface area (Å²) in [7, 11) is 0. The maximum atomic E-state index is 13.6. The smallest absolute Gasteiger partial charge is 0.191 e. The molecular formula is C29H46O8. The van der Waals surface area contributed by atoms with Crippen molar-refractivity contribution in [1.82, 2.24) is 0 Å². The van der Waals surface area contributed by atoms with Gasteiger partial charge in [-0.2, -0.15) is 0 Å². The van der Waals surface area contributed by atoms with E-state index in [0.717, 1.165) is 0 Å². The molecule has 2 fully saturated rings. The molecular weight excluding hydrogens is 476 g/mol. The van der Waals surface area contributed by atoms with Crippen molar-refractivity contribution >= 4 is 5.78 Å². The molecule has 11 atom stereocenters. The van der Waals surface area contributed by atoms with Crippen LogP contribution in [-0.2, 0) is 20.7 Å². The molecule has 3 rings (SSSR count). The number of rotatable bonds is 6. The lowest BCUT2D eigenvalue weighted by Crippen LogP contribution is -2.72. The zero-order valence-corrected chi connectivity index (χ0v) is 24.0. The molecule has 3 heterocycles. The fraction of sp³-hybridized carbons (Fsp3) is 0.793. The van der Waals surface area contributed by atoms with Gasteiger partial charge in [0, 0.05) is 41.2 Å². The molecule has 0 radical (unpaired) electrons. The minimum atomic E-state index is -2.01. The van der Waals surface area contributed by atoms with Crippen LogP contribution < -0.4 is 5.43 Å². The largest absolute Gasteiger partial charge is 0.465 e. The van der Waals surface area contributed by atoms with Crippen LogP contribution in [0, 0.1) is 43.4 Å². The van der Waals surface area contributed by atoms with Gasteiger partial charge in [-0.25, -0.2) is 0 Å². The van der Waals surface area contributed by atoms with Gasteiger partial charge < -0.3 is 29.2 Å². The quantitative estimate of drug-likeness (QED) is 0.517. The summed E-state index contributed by atoms with van der Waals surface area (Å²) in [6, 6.07) is 0. The van der Waals surface area contributed by atoms with Gasteiger partial charge in [-0.15, -0.1) is 0 Å². The summed E-state index contributed by atoms with van der Waals surface area (Å²) in [5, 5.41) is 34.2.